The molecule has 2 aromatic rings. The van der Waals surface area contributed by atoms with Gasteiger partial charge in [0.25, 0.3) is 0 Å². The number of para-hydroxylation sites is 1. The molecule has 0 atom stereocenters. The fourth-order valence-corrected chi connectivity index (χ4v) is 3.44. The largest absolute Gasteiger partial charge is 0.493 e. The van der Waals surface area contributed by atoms with E-state index in [9.17, 15) is 9.90 Å². The van der Waals surface area contributed by atoms with Crippen LogP contribution in [0.1, 0.15) is 28.7 Å². The maximum Gasteiger partial charge on any atom is 0.347 e. The maximum atomic E-state index is 11.4. The summed E-state index contributed by atoms with van der Waals surface area (Å²) in [5.41, 5.74) is 1.35. The van der Waals surface area contributed by atoms with Crippen LogP contribution in [0.4, 0.5) is 0 Å². The van der Waals surface area contributed by atoms with Crippen LogP contribution in [-0.2, 0) is 6.42 Å². The molecule has 1 heterocycles. The normalized spacial score (nSPS) is 10.9. The number of methoxy groups -OCH3 is 1. The summed E-state index contributed by atoms with van der Waals surface area (Å²) >= 11 is 1.17. The fraction of sp³-hybridized carbons (Fsp3) is 0.444. The van der Waals surface area contributed by atoms with Crippen molar-refractivity contribution in [3.63, 3.8) is 0 Å². The van der Waals surface area contributed by atoms with Crippen molar-refractivity contribution in [1.29, 1.82) is 0 Å². The Labute approximate surface area is 152 Å². The smallest absolute Gasteiger partial charge is 0.347 e. The molecule has 1 N–H and O–H groups in total. The maximum absolute atomic E-state index is 11.4. The summed E-state index contributed by atoms with van der Waals surface area (Å²) < 4.78 is 11.4. The number of aryl methyl sites for hydroxylation is 1. The quantitative estimate of drug-likeness (QED) is 0.688. The summed E-state index contributed by atoms with van der Waals surface area (Å²) in [6, 6.07) is 5.57. The van der Waals surface area contributed by atoms with Gasteiger partial charge in [-0.15, -0.1) is 11.3 Å². The van der Waals surface area contributed by atoms with Crippen LogP contribution >= 0.6 is 11.3 Å². The molecule has 0 aliphatic heterocycles. The van der Waals surface area contributed by atoms with Crippen molar-refractivity contribution in [2.75, 3.05) is 34.4 Å². The highest BCUT2D eigenvalue weighted by Gasteiger charge is 2.21. The first kappa shape index (κ1) is 19.2. The number of thiazole rings is 1. The number of hydrogen-bond donors (Lipinski definition) is 1. The van der Waals surface area contributed by atoms with Gasteiger partial charge in [-0.1, -0.05) is 13.0 Å². The molecule has 0 aliphatic carbocycles. The molecule has 25 heavy (non-hydrogen) atoms. The van der Waals surface area contributed by atoms with E-state index in [2.05, 4.69) is 9.88 Å². The molecule has 0 unspecified atom stereocenters. The van der Waals surface area contributed by atoms with Gasteiger partial charge in [0, 0.05) is 6.54 Å². The summed E-state index contributed by atoms with van der Waals surface area (Å²) in [7, 11) is 5.63. The van der Waals surface area contributed by atoms with Crippen LogP contribution in [0.2, 0.25) is 0 Å². The topological polar surface area (TPSA) is 71.9 Å². The number of ether oxygens (including phenoxy) is 2. The van der Waals surface area contributed by atoms with Crippen molar-refractivity contribution < 1.29 is 19.4 Å². The van der Waals surface area contributed by atoms with Crippen molar-refractivity contribution in [2.24, 2.45) is 0 Å². The third kappa shape index (κ3) is 4.70. The third-order valence-electron chi connectivity index (χ3n) is 3.65. The third-order valence-corrected chi connectivity index (χ3v) is 4.77. The lowest BCUT2D eigenvalue weighted by Crippen LogP contribution is -2.15. The van der Waals surface area contributed by atoms with Gasteiger partial charge in [-0.05, 0) is 39.1 Å². The first-order valence-electron chi connectivity index (χ1n) is 8.15. The Balaban J connectivity index is 2.35. The van der Waals surface area contributed by atoms with Gasteiger partial charge in [-0.3, -0.25) is 0 Å². The molecule has 0 saturated heterocycles. The Kier molecular flexibility index (Phi) is 6.78. The Bertz CT molecular complexity index is 728. The van der Waals surface area contributed by atoms with E-state index in [0.717, 1.165) is 18.5 Å². The molecule has 2 rings (SSSR count). The zero-order valence-corrected chi connectivity index (χ0v) is 15.9. The van der Waals surface area contributed by atoms with Crippen LogP contribution in [0.15, 0.2) is 18.2 Å². The van der Waals surface area contributed by atoms with Crippen LogP contribution in [0.3, 0.4) is 0 Å². The van der Waals surface area contributed by atoms with E-state index < -0.39 is 5.97 Å². The number of aromatic carboxylic acids is 1. The predicted molar refractivity (Wildman–Crippen MR) is 99.1 cm³/mol. The molecule has 0 radical (unpaired) electrons. The summed E-state index contributed by atoms with van der Waals surface area (Å²) in [4.78, 5) is 18.3. The number of benzene rings is 1. The average Bonchev–Trinajstić information content (AvgIpc) is 3.02. The first-order chi connectivity index (χ1) is 12.0. The van der Waals surface area contributed by atoms with Gasteiger partial charge < -0.3 is 19.5 Å². The Hall–Kier alpha value is -2.12. The molecule has 6 nitrogen and oxygen atoms in total. The fourth-order valence-electron chi connectivity index (χ4n) is 2.42. The molecule has 0 amide bonds. The number of nitrogens with zero attached hydrogens (tertiary/aromatic N) is 2. The molecular formula is C18H24N2O4S. The second-order valence-corrected chi connectivity index (χ2v) is 6.79. The van der Waals surface area contributed by atoms with Crippen molar-refractivity contribution in [2.45, 2.75) is 19.8 Å². The van der Waals surface area contributed by atoms with E-state index in [4.69, 9.17) is 9.47 Å². The van der Waals surface area contributed by atoms with Crippen LogP contribution in [0, 0.1) is 0 Å². The van der Waals surface area contributed by atoms with Gasteiger partial charge in [0.1, 0.15) is 9.88 Å². The van der Waals surface area contributed by atoms with Crippen LogP contribution in [-0.4, -0.2) is 55.3 Å². The monoisotopic (exact) mass is 364 g/mol. The molecule has 136 valence electrons. The molecule has 1 aromatic heterocycles. The molecular weight excluding hydrogens is 340 g/mol. The molecule has 0 spiro atoms. The second-order valence-electron chi connectivity index (χ2n) is 5.80. The molecule has 0 saturated carbocycles. The lowest BCUT2D eigenvalue weighted by atomic mass is 10.2. The van der Waals surface area contributed by atoms with Gasteiger partial charge in [-0.2, -0.15) is 0 Å². The molecule has 0 aliphatic rings. The molecule has 0 bridgehead atoms. The van der Waals surface area contributed by atoms with Crippen molar-refractivity contribution in [1.82, 2.24) is 9.88 Å². The standard InChI is InChI=1S/C18H24N2O4S/c1-5-13-16(18(21)22)25-17(19-13)12-8-6-9-14(23-4)15(12)24-11-7-10-20(2)3/h6,8-9H,5,7,10-11H2,1-4H3,(H,21,22). The van der Waals surface area contributed by atoms with Gasteiger partial charge in [0.15, 0.2) is 11.5 Å². The Morgan fingerprint density at radius 3 is 2.68 bits per heavy atom. The Morgan fingerprint density at radius 1 is 1.36 bits per heavy atom. The zero-order valence-electron chi connectivity index (χ0n) is 15.0. The van der Waals surface area contributed by atoms with E-state index in [-0.39, 0.29) is 4.88 Å². The van der Waals surface area contributed by atoms with E-state index in [0.29, 0.717) is 35.2 Å². The zero-order chi connectivity index (χ0) is 18.4. The molecule has 7 heteroatoms. The Morgan fingerprint density at radius 2 is 2.12 bits per heavy atom. The minimum atomic E-state index is -0.947. The number of carboxylic acid groups (broad SMARTS) is 1. The van der Waals surface area contributed by atoms with E-state index in [1.165, 1.54) is 11.3 Å². The van der Waals surface area contributed by atoms with E-state index in [1.54, 1.807) is 7.11 Å². The van der Waals surface area contributed by atoms with Crippen LogP contribution in [0.25, 0.3) is 10.6 Å². The SMILES string of the molecule is CCc1nc(-c2cccc(OC)c2OCCCN(C)C)sc1C(=O)O. The van der Waals surface area contributed by atoms with Gasteiger partial charge in [0.2, 0.25) is 0 Å². The van der Waals surface area contributed by atoms with Crippen molar-refractivity contribution in [3.05, 3.63) is 28.8 Å². The predicted octanol–water partition coefficient (Wildman–Crippen LogP) is 3.41. The lowest BCUT2D eigenvalue weighted by Gasteiger charge is -2.15. The number of carbonyl (C=O) groups is 1. The minimum Gasteiger partial charge on any atom is -0.493 e. The summed E-state index contributed by atoms with van der Waals surface area (Å²) in [6.07, 6.45) is 1.45. The average molecular weight is 364 g/mol. The van der Waals surface area contributed by atoms with Crippen molar-refractivity contribution >= 4 is 17.3 Å². The van der Waals surface area contributed by atoms with Gasteiger partial charge in [0.05, 0.1) is 25.0 Å². The lowest BCUT2D eigenvalue weighted by molar-refractivity contribution is 0.0701. The van der Waals surface area contributed by atoms with Gasteiger partial charge in [-0.25, -0.2) is 9.78 Å². The van der Waals surface area contributed by atoms with E-state index in [1.807, 2.05) is 39.2 Å². The van der Waals surface area contributed by atoms with Crippen LogP contribution < -0.4 is 9.47 Å². The second kappa shape index (κ2) is 8.82. The highest BCUT2D eigenvalue weighted by atomic mass is 32.1. The van der Waals surface area contributed by atoms with Crippen molar-refractivity contribution in [3.8, 4) is 22.1 Å². The first-order valence-corrected chi connectivity index (χ1v) is 8.97. The summed E-state index contributed by atoms with van der Waals surface area (Å²) in [5.74, 6) is 0.279. The minimum absolute atomic E-state index is 0.277. The highest BCUT2D eigenvalue weighted by molar-refractivity contribution is 7.17. The van der Waals surface area contributed by atoms with E-state index >= 15 is 0 Å². The molecule has 1 aromatic carbocycles. The molecule has 0 fully saturated rings. The number of aromatic nitrogens is 1. The summed E-state index contributed by atoms with van der Waals surface area (Å²) in [6.45, 7) is 3.36. The van der Waals surface area contributed by atoms with Gasteiger partial charge >= 0.3 is 5.97 Å². The number of hydrogen-bond acceptors (Lipinski definition) is 6. The highest BCUT2D eigenvalue weighted by Crippen LogP contribution is 2.40. The van der Waals surface area contributed by atoms with Crippen LogP contribution in [0.5, 0.6) is 11.5 Å². The number of carboxylic acids is 1. The summed E-state index contributed by atoms with van der Waals surface area (Å²) in [5, 5.41) is 10.00. The number of rotatable bonds is 9.